The standard InChI is InChI=1S/C32H29BrN2O8S/c1-5-40-25-15-20(9-13-24(25)42-17-27(36)39-4)29-28(31(38)41-6-2)18(3)34-32-35(29)30(37)26(44-32)16-22-12-14-23(43-22)19-7-10-21(33)11-8-19/h7-16,29H,5-6,17H2,1-4H3/b26-16+/t29-/m1/s1. The number of furan rings is 1. The second kappa shape index (κ2) is 13.5. The largest absolute Gasteiger partial charge is 0.490 e. The molecule has 44 heavy (non-hydrogen) atoms. The van der Waals surface area contributed by atoms with Gasteiger partial charge < -0.3 is 23.4 Å². The zero-order valence-electron chi connectivity index (χ0n) is 24.4. The highest BCUT2D eigenvalue weighted by molar-refractivity contribution is 9.10. The molecule has 0 saturated carbocycles. The van der Waals surface area contributed by atoms with Crippen LogP contribution in [0.3, 0.4) is 0 Å². The van der Waals surface area contributed by atoms with Gasteiger partial charge in [0.1, 0.15) is 11.5 Å². The lowest BCUT2D eigenvalue weighted by molar-refractivity contribution is -0.143. The summed E-state index contributed by atoms with van der Waals surface area (Å²) in [6.45, 7) is 5.39. The van der Waals surface area contributed by atoms with Gasteiger partial charge in [0.25, 0.3) is 5.56 Å². The second-order valence-electron chi connectivity index (χ2n) is 9.52. The van der Waals surface area contributed by atoms with E-state index in [1.807, 2.05) is 37.3 Å². The summed E-state index contributed by atoms with van der Waals surface area (Å²) in [5.74, 6) is 0.676. The molecular formula is C32H29BrN2O8S. The van der Waals surface area contributed by atoms with Gasteiger partial charge in [0.2, 0.25) is 0 Å². The van der Waals surface area contributed by atoms with Gasteiger partial charge in [0.05, 0.1) is 42.2 Å². The molecule has 1 aliphatic rings. The smallest absolute Gasteiger partial charge is 0.343 e. The van der Waals surface area contributed by atoms with Crippen molar-refractivity contribution in [2.75, 3.05) is 26.9 Å². The predicted molar refractivity (Wildman–Crippen MR) is 167 cm³/mol. The maximum absolute atomic E-state index is 14.0. The number of ether oxygens (including phenoxy) is 4. The first-order chi connectivity index (χ1) is 21.2. The summed E-state index contributed by atoms with van der Waals surface area (Å²) in [5, 5.41) is 0. The fourth-order valence-electron chi connectivity index (χ4n) is 4.71. The van der Waals surface area contributed by atoms with E-state index in [0.717, 1.165) is 10.0 Å². The van der Waals surface area contributed by atoms with Gasteiger partial charge in [0, 0.05) is 16.1 Å². The van der Waals surface area contributed by atoms with Crippen molar-refractivity contribution in [3.63, 3.8) is 0 Å². The summed E-state index contributed by atoms with van der Waals surface area (Å²) in [7, 11) is 1.27. The summed E-state index contributed by atoms with van der Waals surface area (Å²) in [6.07, 6.45) is 1.67. The van der Waals surface area contributed by atoms with E-state index < -0.39 is 18.0 Å². The molecule has 0 amide bonds. The van der Waals surface area contributed by atoms with Crippen LogP contribution in [0.15, 0.2) is 84.5 Å². The average Bonchev–Trinajstić information content (AvgIpc) is 3.60. The lowest BCUT2D eigenvalue weighted by Gasteiger charge is -2.25. The van der Waals surface area contributed by atoms with Crippen LogP contribution in [0.25, 0.3) is 17.4 Å². The molecule has 0 N–H and O–H groups in total. The molecule has 12 heteroatoms. The van der Waals surface area contributed by atoms with Crippen molar-refractivity contribution in [1.29, 1.82) is 0 Å². The van der Waals surface area contributed by atoms with Crippen molar-refractivity contribution < 1.29 is 33.0 Å². The Morgan fingerprint density at radius 2 is 1.82 bits per heavy atom. The lowest BCUT2D eigenvalue weighted by Crippen LogP contribution is -2.40. The molecule has 228 valence electrons. The van der Waals surface area contributed by atoms with E-state index in [9.17, 15) is 14.4 Å². The second-order valence-corrected chi connectivity index (χ2v) is 11.4. The number of thiazole rings is 1. The summed E-state index contributed by atoms with van der Waals surface area (Å²) in [4.78, 5) is 44.0. The van der Waals surface area contributed by atoms with Gasteiger partial charge in [-0.05, 0) is 62.7 Å². The molecule has 0 bridgehead atoms. The Labute approximate surface area is 265 Å². The van der Waals surface area contributed by atoms with E-state index in [-0.39, 0.29) is 24.3 Å². The number of carbonyl (C=O) groups is 2. The van der Waals surface area contributed by atoms with E-state index >= 15 is 0 Å². The van der Waals surface area contributed by atoms with Crippen molar-refractivity contribution in [3.05, 3.63) is 101 Å². The van der Waals surface area contributed by atoms with Gasteiger partial charge in [-0.25, -0.2) is 14.6 Å². The first-order valence-corrected chi connectivity index (χ1v) is 15.4. The number of benzene rings is 2. The number of rotatable bonds is 10. The molecule has 4 aromatic rings. The molecule has 0 aliphatic carbocycles. The first kappa shape index (κ1) is 31.0. The summed E-state index contributed by atoms with van der Waals surface area (Å²) < 4.78 is 30.3. The number of methoxy groups -OCH3 is 1. The number of esters is 2. The molecule has 0 radical (unpaired) electrons. The Bertz CT molecular complexity index is 1920. The number of carbonyl (C=O) groups excluding carboxylic acids is 2. The number of nitrogens with zero attached hydrogens (tertiary/aromatic N) is 2. The van der Waals surface area contributed by atoms with Crippen LogP contribution in [-0.2, 0) is 19.1 Å². The maximum atomic E-state index is 14.0. The van der Waals surface area contributed by atoms with Gasteiger partial charge in [-0.15, -0.1) is 0 Å². The number of hydrogen-bond donors (Lipinski definition) is 0. The van der Waals surface area contributed by atoms with Crippen LogP contribution in [-0.4, -0.2) is 43.4 Å². The van der Waals surface area contributed by atoms with Crippen molar-refractivity contribution in [2.24, 2.45) is 4.99 Å². The molecule has 1 atom stereocenters. The minimum Gasteiger partial charge on any atom is -0.490 e. The van der Waals surface area contributed by atoms with Crippen LogP contribution in [0.5, 0.6) is 11.5 Å². The van der Waals surface area contributed by atoms with E-state index in [2.05, 4.69) is 25.7 Å². The Morgan fingerprint density at radius 3 is 2.52 bits per heavy atom. The molecule has 2 aromatic carbocycles. The van der Waals surface area contributed by atoms with E-state index in [4.69, 9.17) is 18.6 Å². The average molecular weight is 682 g/mol. The molecule has 5 rings (SSSR count). The summed E-state index contributed by atoms with van der Waals surface area (Å²) >= 11 is 4.63. The Kier molecular flexibility index (Phi) is 9.50. The molecule has 0 unspecified atom stereocenters. The van der Waals surface area contributed by atoms with E-state index in [1.54, 1.807) is 44.2 Å². The van der Waals surface area contributed by atoms with Gasteiger partial charge in [-0.1, -0.05) is 45.5 Å². The van der Waals surface area contributed by atoms with E-state index in [0.29, 0.717) is 50.2 Å². The molecule has 0 saturated heterocycles. The zero-order valence-corrected chi connectivity index (χ0v) is 26.8. The number of halogens is 1. The molecule has 2 aromatic heterocycles. The van der Waals surface area contributed by atoms with Gasteiger partial charge >= 0.3 is 11.9 Å². The van der Waals surface area contributed by atoms with E-state index in [1.165, 1.54) is 23.0 Å². The first-order valence-electron chi connectivity index (χ1n) is 13.8. The summed E-state index contributed by atoms with van der Waals surface area (Å²) in [5.41, 5.74) is 1.78. The van der Waals surface area contributed by atoms with Gasteiger partial charge in [-0.3, -0.25) is 9.36 Å². The lowest BCUT2D eigenvalue weighted by atomic mass is 9.95. The van der Waals surface area contributed by atoms with Crippen molar-refractivity contribution >= 4 is 45.3 Å². The Balaban J connectivity index is 1.61. The monoisotopic (exact) mass is 680 g/mol. The minimum absolute atomic E-state index is 0.149. The number of fused-ring (bicyclic) bond motifs is 1. The van der Waals surface area contributed by atoms with Crippen molar-refractivity contribution in [3.8, 4) is 22.8 Å². The molecule has 10 nitrogen and oxygen atoms in total. The van der Waals surface area contributed by atoms with Gasteiger partial charge in [0.15, 0.2) is 22.9 Å². The highest BCUT2D eigenvalue weighted by Gasteiger charge is 2.34. The predicted octanol–water partition coefficient (Wildman–Crippen LogP) is 4.77. The fraction of sp³-hybridized carbons (Fsp3) is 0.250. The quantitative estimate of drug-likeness (QED) is 0.220. The number of aromatic nitrogens is 1. The number of hydrogen-bond acceptors (Lipinski definition) is 10. The van der Waals surface area contributed by atoms with Crippen molar-refractivity contribution in [2.45, 2.75) is 26.8 Å². The number of allylic oxidation sites excluding steroid dienone is 1. The van der Waals surface area contributed by atoms with Crippen LogP contribution >= 0.6 is 27.3 Å². The highest BCUT2D eigenvalue weighted by atomic mass is 79.9. The van der Waals surface area contributed by atoms with Crippen molar-refractivity contribution in [1.82, 2.24) is 4.57 Å². The zero-order chi connectivity index (χ0) is 31.4. The topological polar surface area (TPSA) is 119 Å². The highest BCUT2D eigenvalue weighted by Crippen LogP contribution is 2.36. The van der Waals surface area contributed by atoms with Crippen LogP contribution in [0.4, 0.5) is 0 Å². The minimum atomic E-state index is -0.865. The molecule has 3 heterocycles. The Morgan fingerprint density at radius 1 is 1.05 bits per heavy atom. The third-order valence-corrected chi connectivity index (χ3v) is 8.21. The van der Waals surface area contributed by atoms with Gasteiger partial charge in [-0.2, -0.15) is 0 Å². The van der Waals surface area contributed by atoms with Crippen LogP contribution in [0.2, 0.25) is 0 Å². The normalized spacial score (nSPS) is 14.6. The molecule has 0 fully saturated rings. The fourth-order valence-corrected chi connectivity index (χ4v) is 6.00. The molecular weight excluding hydrogens is 652 g/mol. The molecule has 1 aliphatic heterocycles. The SMILES string of the molecule is CCOC(=O)C1=C(C)N=c2s/c(=C/c3ccc(-c4ccc(Br)cc4)o3)c(=O)n2[C@@H]1c1ccc(OCC(=O)OC)c(OCC)c1. The van der Waals surface area contributed by atoms with Crippen LogP contribution in [0.1, 0.15) is 38.1 Å². The third-order valence-electron chi connectivity index (χ3n) is 6.70. The van der Waals surface area contributed by atoms with Crippen LogP contribution in [0, 0.1) is 0 Å². The molecule has 0 spiro atoms. The maximum Gasteiger partial charge on any atom is 0.343 e. The third kappa shape index (κ3) is 6.41. The summed E-state index contributed by atoms with van der Waals surface area (Å²) in [6, 6.07) is 15.5. The van der Waals surface area contributed by atoms with Crippen LogP contribution < -0.4 is 24.4 Å². The Hall–Kier alpha value is -4.42.